The second-order valence-electron chi connectivity index (χ2n) is 4.87. The third kappa shape index (κ3) is 4.32. The van der Waals surface area contributed by atoms with E-state index in [0.29, 0.717) is 10.8 Å². The van der Waals surface area contributed by atoms with Gasteiger partial charge in [-0.2, -0.15) is 5.10 Å². The second kappa shape index (κ2) is 7.42. The van der Waals surface area contributed by atoms with Gasteiger partial charge in [0, 0.05) is 9.90 Å². The first-order valence-corrected chi connectivity index (χ1v) is 7.99. The van der Waals surface area contributed by atoms with Crippen molar-refractivity contribution in [3.8, 4) is 5.75 Å². The summed E-state index contributed by atoms with van der Waals surface area (Å²) in [5.41, 5.74) is 5.09. The van der Waals surface area contributed by atoms with Gasteiger partial charge in [-0.25, -0.2) is 5.43 Å². The van der Waals surface area contributed by atoms with Crippen LogP contribution in [0.1, 0.15) is 22.9 Å². The number of aryl methyl sites for hydroxylation is 2. The van der Waals surface area contributed by atoms with Crippen LogP contribution in [0.3, 0.4) is 0 Å². The van der Waals surface area contributed by atoms with Crippen molar-refractivity contribution >= 4 is 34.6 Å². The minimum Gasteiger partial charge on any atom is -0.484 e. The van der Waals surface area contributed by atoms with E-state index >= 15 is 0 Å². The normalized spacial score (nSPS) is 11.4. The molecule has 1 heterocycles. The van der Waals surface area contributed by atoms with Gasteiger partial charge >= 0.3 is 0 Å². The monoisotopic (exact) mass is 336 g/mol. The molecule has 116 valence electrons. The molecule has 1 aromatic heterocycles. The number of amides is 1. The highest BCUT2D eigenvalue weighted by atomic mass is 35.5. The van der Waals surface area contributed by atoms with E-state index in [9.17, 15) is 4.79 Å². The molecule has 0 aliphatic carbocycles. The predicted octanol–water partition coefficient (Wildman–Crippen LogP) is 3.94. The van der Waals surface area contributed by atoms with Gasteiger partial charge in [-0.15, -0.1) is 11.3 Å². The Labute approximate surface area is 138 Å². The van der Waals surface area contributed by atoms with Crippen LogP contribution in [0, 0.1) is 13.8 Å². The molecule has 2 rings (SSSR count). The number of hydrazone groups is 1. The highest BCUT2D eigenvalue weighted by Gasteiger charge is 2.06. The Bertz CT molecular complexity index is 673. The minimum atomic E-state index is -0.304. The standard InChI is InChI=1S/C16H17ClN2O2S/c1-10-7-13(8-11(2)16(10)17)21-9-15(20)19-18-12(3)14-5-4-6-22-14/h4-8H,9H2,1-3H3,(H,19,20). The molecule has 0 atom stereocenters. The number of hydrogen-bond acceptors (Lipinski definition) is 4. The van der Waals surface area contributed by atoms with Crippen LogP contribution >= 0.6 is 22.9 Å². The molecule has 0 saturated carbocycles. The van der Waals surface area contributed by atoms with Crippen molar-refractivity contribution in [3.05, 3.63) is 50.7 Å². The molecule has 0 fully saturated rings. The van der Waals surface area contributed by atoms with Crippen molar-refractivity contribution in [2.24, 2.45) is 5.10 Å². The fraction of sp³-hybridized carbons (Fsp3) is 0.250. The molecule has 0 spiro atoms. The zero-order chi connectivity index (χ0) is 16.1. The van der Waals surface area contributed by atoms with Gasteiger partial charge in [0.25, 0.3) is 5.91 Å². The van der Waals surface area contributed by atoms with Gasteiger partial charge < -0.3 is 4.74 Å². The van der Waals surface area contributed by atoms with E-state index in [2.05, 4.69) is 10.5 Å². The van der Waals surface area contributed by atoms with E-state index in [1.165, 1.54) is 0 Å². The van der Waals surface area contributed by atoms with E-state index in [4.69, 9.17) is 16.3 Å². The van der Waals surface area contributed by atoms with Gasteiger partial charge in [-0.05, 0) is 55.5 Å². The molecule has 1 amide bonds. The van der Waals surface area contributed by atoms with Gasteiger partial charge in [0.15, 0.2) is 6.61 Å². The maximum Gasteiger partial charge on any atom is 0.277 e. The van der Waals surface area contributed by atoms with Crippen molar-refractivity contribution in [2.45, 2.75) is 20.8 Å². The first-order valence-electron chi connectivity index (χ1n) is 6.74. The molecular weight excluding hydrogens is 320 g/mol. The lowest BCUT2D eigenvalue weighted by atomic mass is 10.1. The van der Waals surface area contributed by atoms with Crippen LogP contribution in [0.25, 0.3) is 0 Å². The number of nitrogens with zero attached hydrogens (tertiary/aromatic N) is 1. The molecular formula is C16H17ClN2O2S. The molecule has 2 aromatic rings. The van der Waals surface area contributed by atoms with Crippen molar-refractivity contribution in [1.82, 2.24) is 5.43 Å². The third-order valence-electron chi connectivity index (χ3n) is 3.01. The van der Waals surface area contributed by atoms with Crippen molar-refractivity contribution < 1.29 is 9.53 Å². The highest BCUT2D eigenvalue weighted by molar-refractivity contribution is 7.12. The predicted molar refractivity (Wildman–Crippen MR) is 91.1 cm³/mol. The van der Waals surface area contributed by atoms with E-state index < -0.39 is 0 Å². The van der Waals surface area contributed by atoms with E-state index in [-0.39, 0.29) is 12.5 Å². The molecule has 6 heteroatoms. The average Bonchev–Trinajstić information content (AvgIpc) is 3.02. The van der Waals surface area contributed by atoms with Crippen LogP contribution in [0.15, 0.2) is 34.7 Å². The Balaban J connectivity index is 1.89. The maximum absolute atomic E-state index is 11.8. The summed E-state index contributed by atoms with van der Waals surface area (Å²) in [6.45, 7) is 5.55. The van der Waals surface area contributed by atoms with Gasteiger partial charge in [0.05, 0.1) is 5.71 Å². The molecule has 1 N–H and O–H groups in total. The smallest absolute Gasteiger partial charge is 0.277 e. The number of halogens is 1. The van der Waals surface area contributed by atoms with Gasteiger partial charge in [-0.1, -0.05) is 17.7 Å². The molecule has 0 aliphatic heterocycles. The molecule has 0 bridgehead atoms. The van der Waals surface area contributed by atoms with Crippen LogP contribution in [0.5, 0.6) is 5.75 Å². The number of carbonyl (C=O) groups is 1. The number of benzene rings is 1. The highest BCUT2D eigenvalue weighted by Crippen LogP contribution is 2.25. The van der Waals surface area contributed by atoms with Crippen molar-refractivity contribution in [1.29, 1.82) is 0 Å². The SMILES string of the molecule is CC(=NNC(=O)COc1cc(C)c(Cl)c(C)c1)c1cccs1. The zero-order valence-electron chi connectivity index (χ0n) is 12.6. The summed E-state index contributed by atoms with van der Waals surface area (Å²) in [5.74, 6) is 0.315. The summed E-state index contributed by atoms with van der Waals surface area (Å²) in [7, 11) is 0. The summed E-state index contributed by atoms with van der Waals surface area (Å²) in [5, 5.41) is 6.73. The van der Waals surface area contributed by atoms with Gasteiger partial charge in [-0.3, -0.25) is 4.79 Å². The van der Waals surface area contributed by atoms with Crippen molar-refractivity contribution in [2.75, 3.05) is 6.61 Å². The summed E-state index contributed by atoms with van der Waals surface area (Å²) < 4.78 is 5.47. The Morgan fingerprint density at radius 2 is 2.05 bits per heavy atom. The molecule has 4 nitrogen and oxygen atoms in total. The average molecular weight is 337 g/mol. The van der Waals surface area contributed by atoms with Crippen LogP contribution in [0.2, 0.25) is 5.02 Å². The maximum atomic E-state index is 11.8. The fourth-order valence-electron chi connectivity index (χ4n) is 1.86. The summed E-state index contributed by atoms with van der Waals surface area (Å²) in [6, 6.07) is 7.51. The lowest BCUT2D eigenvalue weighted by Crippen LogP contribution is -2.25. The van der Waals surface area contributed by atoms with Crippen LogP contribution in [0.4, 0.5) is 0 Å². The minimum absolute atomic E-state index is 0.0955. The number of carbonyl (C=O) groups excluding carboxylic acids is 1. The lowest BCUT2D eigenvalue weighted by molar-refractivity contribution is -0.123. The number of nitrogens with one attached hydrogen (secondary N) is 1. The second-order valence-corrected chi connectivity index (χ2v) is 6.19. The van der Waals surface area contributed by atoms with Gasteiger partial charge in [0.1, 0.15) is 5.75 Å². The number of hydrogen-bond donors (Lipinski definition) is 1. The first kappa shape index (κ1) is 16.5. The van der Waals surface area contributed by atoms with Crippen LogP contribution < -0.4 is 10.2 Å². The fourth-order valence-corrected chi connectivity index (χ4v) is 2.64. The molecule has 0 unspecified atom stereocenters. The number of ether oxygens (including phenoxy) is 1. The lowest BCUT2D eigenvalue weighted by Gasteiger charge is -2.09. The first-order chi connectivity index (χ1) is 10.5. The van der Waals surface area contributed by atoms with E-state index in [1.807, 2.05) is 50.4 Å². The Hall–Kier alpha value is -1.85. The Morgan fingerprint density at radius 1 is 1.36 bits per heavy atom. The molecule has 0 saturated heterocycles. The van der Waals surface area contributed by atoms with Crippen LogP contribution in [-0.4, -0.2) is 18.2 Å². The largest absolute Gasteiger partial charge is 0.484 e. The molecule has 0 aliphatic rings. The third-order valence-corrected chi connectivity index (χ3v) is 4.58. The van der Waals surface area contributed by atoms with E-state index in [1.54, 1.807) is 11.3 Å². The Morgan fingerprint density at radius 3 is 2.64 bits per heavy atom. The van der Waals surface area contributed by atoms with E-state index in [0.717, 1.165) is 21.7 Å². The van der Waals surface area contributed by atoms with Gasteiger partial charge in [0.2, 0.25) is 0 Å². The quantitative estimate of drug-likeness (QED) is 0.664. The number of rotatable bonds is 5. The van der Waals surface area contributed by atoms with Crippen molar-refractivity contribution in [3.63, 3.8) is 0 Å². The topological polar surface area (TPSA) is 50.7 Å². The Kier molecular flexibility index (Phi) is 5.57. The summed E-state index contributed by atoms with van der Waals surface area (Å²) >= 11 is 7.67. The molecule has 0 radical (unpaired) electrons. The summed E-state index contributed by atoms with van der Waals surface area (Å²) in [4.78, 5) is 12.8. The summed E-state index contributed by atoms with van der Waals surface area (Å²) in [6.07, 6.45) is 0. The number of thiophene rings is 1. The zero-order valence-corrected chi connectivity index (χ0v) is 14.2. The molecule has 22 heavy (non-hydrogen) atoms. The van der Waals surface area contributed by atoms with Crippen LogP contribution in [-0.2, 0) is 4.79 Å². The molecule has 1 aromatic carbocycles.